The molecule has 0 unspecified atom stereocenters. The molecular formula is C23H22F2N2OS. The number of anilines is 1. The van der Waals surface area contributed by atoms with Crippen LogP contribution < -0.4 is 4.90 Å². The summed E-state index contributed by atoms with van der Waals surface area (Å²) < 4.78 is 27.5. The summed E-state index contributed by atoms with van der Waals surface area (Å²) in [5.74, 6) is -1.57. The lowest BCUT2D eigenvalue weighted by Gasteiger charge is -2.38. The number of para-hydroxylation sites is 1. The van der Waals surface area contributed by atoms with Gasteiger partial charge in [0.1, 0.15) is 0 Å². The van der Waals surface area contributed by atoms with E-state index in [0.29, 0.717) is 12.1 Å². The van der Waals surface area contributed by atoms with Crippen molar-refractivity contribution >= 4 is 22.9 Å². The molecule has 3 aromatic rings. The number of thiophene rings is 1. The standard InChI is InChI=1S/C23H22F2N2OS/c24-20-9-4-6-17(22(20)25)16-26-13-11-19(12-14-26)27(18-7-2-1-3-8-18)23(28)21-10-5-15-29-21/h1-10,15,19H,11-14,16H2. The molecule has 1 aromatic heterocycles. The molecule has 0 radical (unpaired) electrons. The van der Waals surface area contributed by atoms with Gasteiger partial charge in [0, 0.05) is 36.9 Å². The van der Waals surface area contributed by atoms with Gasteiger partial charge >= 0.3 is 0 Å². The van der Waals surface area contributed by atoms with Crippen molar-refractivity contribution in [2.45, 2.75) is 25.4 Å². The van der Waals surface area contributed by atoms with Gasteiger partial charge in [-0.2, -0.15) is 0 Å². The lowest BCUT2D eigenvalue weighted by atomic mass is 10.0. The Bertz CT molecular complexity index is 954. The minimum Gasteiger partial charge on any atom is -0.305 e. The first-order valence-electron chi connectivity index (χ1n) is 9.71. The van der Waals surface area contributed by atoms with Crippen molar-refractivity contribution in [3.8, 4) is 0 Å². The Labute approximate surface area is 173 Å². The maximum absolute atomic E-state index is 14.0. The lowest BCUT2D eigenvalue weighted by Crippen LogP contribution is -2.47. The molecule has 1 amide bonds. The number of amides is 1. The Morgan fingerprint density at radius 3 is 2.45 bits per heavy atom. The van der Waals surface area contributed by atoms with Crippen molar-refractivity contribution in [3.05, 3.63) is 88.1 Å². The van der Waals surface area contributed by atoms with Crippen molar-refractivity contribution in [2.75, 3.05) is 18.0 Å². The highest BCUT2D eigenvalue weighted by Gasteiger charge is 2.30. The number of halogens is 2. The molecule has 1 aliphatic heterocycles. The first kappa shape index (κ1) is 19.7. The van der Waals surface area contributed by atoms with Crippen LogP contribution >= 0.6 is 11.3 Å². The number of carbonyl (C=O) groups excluding carboxylic acids is 1. The zero-order chi connectivity index (χ0) is 20.2. The number of likely N-dealkylation sites (tertiary alicyclic amines) is 1. The van der Waals surface area contributed by atoms with E-state index in [-0.39, 0.29) is 11.9 Å². The van der Waals surface area contributed by atoms with E-state index >= 15 is 0 Å². The van der Waals surface area contributed by atoms with Crippen LogP contribution in [0.4, 0.5) is 14.5 Å². The van der Waals surface area contributed by atoms with Crippen LogP contribution in [0.5, 0.6) is 0 Å². The summed E-state index contributed by atoms with van der Waals surface area (Å²) in [5, 5.41) is 1.91. The summed E-state index contributed by atoms with van der Waals surface area (Å²) in [6.07, 6.45) is 1.56. The average molecular weight is 413 g/mol. The fourth-order valence-electron chi connectivity index (χ4n) is 3.85. The smallest absolute Gasteiger partial charge is 0.268 e. The van der Waals surface area contributed by atoms with Gasteiger partial charge in [-0.15, -0.1) is 11.3 Å². The summed E-state index contributed by atoms with van der Waals surface area (Å²) in [7, 11) is 0. The van der Waals surface area contributed by atoms with Crippen LogP contribution in [0.3, 0.4) is 0 Å². The van der Waals surface area contributed by atoms with Gasteiger partial charge in [0.2, 0.25) is 0 Å². The number of hydrogen-bond donors (Lipinski definition) is 0. The number of hydrogen-bond acceptors (Lipinski definition) is 3. The molecule has 6 heteroatoms. The Morgan fingerprint density at radius 1 is 1.00 bits per heavy atom. The Balaban J connectivity index is 1.48. The van der Waals surface area contributed by atoms with Gasteiger partial charge in [0.15, 0.2) is 11.6 Å². The van der Waals surface area contributed by atoms with E-state index < -0.39 is 11.6 Å². The predicted molar refractivity (Wildman–Crippen MR) is 112 cm³/mol. The van der Waals surface area contributed by atoms with Crippen LogP contribution in [0.2, 0.25) is 0 Å². The minimum atomic E-state index is -0.811. The Morgan fingerprint density at radius 2 is 1.76 bits per heavy atom. The number of benzene rings is 2. The van der Waals surface area contributed by atoms with E-state index in [2.05, 4.69) is 4.90 Å². The van der Waals surface area contributed by atoms with Gasteiger partial charge in [-0.3, -0.25) is 9.69 Å². The third kappa shape index (κ3) is 4.38. The van der Waals surface area contributed by atoms with Crippen LogP contribution in [-0.2, 0) is 6.54 Å². The maximum Gasteiger partial charge on any atom is 0.268 e. The molecule has 4 rings (SSSR count). The van der Waals surface area contributed by atoms with Crippen LogP contribution in [0.1, 0.15) is 28.1 Å². The van der Waals surface area contributed by atoms with E-state index in [0.717, 1.165) is 42.6 Å². The topological polar surface area (TPSA) is 23.6 Å². The van der Waals surface area contributed by atoms with Crippen molar-refractivity contribution in [2.24, 2.45) is 0 Å². The SMILES string of the molecule is O=C(c1cccs1)N(c1ccccc1)C1CCN(Cc2cccc(F)c2F)CC1. The number of carbonyl (C=O) groups is 1. The van der Waals surface area contributed by atoms with E-state index in [1.807, 2.05) is 52.7 Å². The van der Waals surface area contributed by atoms with Gasteiger partial charge in [0.25, 0.3) is 5.91 Å². The van der Waals surface area contributed by atoms with Crippen molar-refractivity contribution in [3.63, 3.8) is 0 Å². The third-order valence-corrected chi connectivity index (χ3v) is 6.19. The number of rotatable bonds is 5. The normalized spacial score (nSPS) is 15.4. The molecule has 0 aliphatic carbocycles. The van der Waals surface area contributed by atoms with Crippen molar-refractivity contribution in [1.82, 2.24) is 4.90 Å². The molecule has 1 fully saturated rings. The molecule has 0 bridgehead atoms. The molecule has 150 valence electrons. The van der Waals surface area contributed by atoms with Gasteiger partial charge in [-0.05, 0) is 42.5 Å². The molecular weight excluding hydrogens is 390 g/mol. The number of piperidine rings is 1. The van der Waals surface area contributed by atoms with Gasteiger partial charge in [-0.25, -0.2) is 8.78 Å². The largest absolute Gasteiger partial charge is 0.305 e. The molecule has 0 spiro atoms. The first-order chi connectivity index (χ1) is 14.1. The van der Waals surface area contributed by atoms with Crippen LogP contribution in [0.25, 0.3) is 0 Å². The highest BCUT2D eigenvalue weighted by Crippen LogP contribution is 2.28. The zero-order valence-corrected chi connectivity index (χ0v) is 16.7. The van der Waals surface area contributed by atoms with Crippen LogP contribution in [0.15, 0.2) is 66.0 Å². The average Bonchev–Trinajstić information content (AvgIpc) is 3.29. The lowest BCUT2D eigenvalue weighted by molar-refractivity contribution is 0.0962. The molecule has 3 nitrogen and oxygen atoms in total. The highest BCUT2D eigenvalue weighted by molar-refractivity contribution is 7.12. The van der Waals surface area contributed by atoms with Gasteiger partial charge in [0.05, 0.1) is 4.88 Å². The van der Waals surface area contributed by atoms with E-state index in [4.69, 9.17) is 0 Å². The third-order valence-electron chi connectivity index (χ3n) is 5.33. The molecule has 1 aliphatic rings. The fraction of sp³-hybridized carbons (Fsp3) is 0.261. The Hall–Kier alpha value is -2.57. The molecule has 0 N–H and O–H groups in total. The van der Waals surface area contributed by atoms with Gasteiger partial charge < -0.3 is 4.90 Å². The molecule has 0 atom stereocenters. The predicted octanol–water partition coefficient (Wildman–Crippen LogP) is 5.34. The quantitative estimate of drug-likeness (QED) is 0.565. The van der Waals surface area contributed by atoms with E-state index in [1.165, 1.54) is 17.4 Å². The summed E-state index contributed by atoms with van der Waals surface area (Å²) in [6.45, 7) is 1.82. The first-order valence-corrected chi connectivity index (χ1v) is 10.6. The zero-order valence-electron chi connectivity index (χ0n) is 15.9. The van der Waals surface area contributed by atoms with Crippen LogP contribution in [0, 0.1) is 11.6 Å². The second-order valence-electron chi connectivity index (χ2n) is 7.21. The summed E-state index contributed by atoms with van der Waals surface area (Å²) >= 11 is 1.44. The van der Waals surface area contributed by atoms with Crippen molar-refractivity contribution < 1.29 is 13.6 Å². The molecule has 2 aromatic carbocycles. The summed E-state index contributed by atoms with van der Waals surface area (Å²) in [4.78, 5) is 17.9. The second kappa shape index (κ2) is 8.84. The molecule has 29 heavy (non-hydrogen) atoms. The fourth-order valence-corrected chi connectivity index (χ4v) is 4.51. The second-order valence-corrected chi connectivity index (χ2v) is 8.16. The van der Waals surface area contributed by atoms with E-state index in [1.54, 1.807) is 6.07 Å². The summed E-state index contributed by atoms with van der Waals surface area (Å²) in [5.41, 5.74) is 1.26. The highest BCUT2D eigenvalue weighted by atomic mass is 32.1. The monoisotopic (exact) mass is 412 g/mol. The molecule has 1 saturated heterocycles. The minimum absolute atomic E-state index is 0.0147. The van der Waals surface area contributed by atoms with Gasteiger partial charge in [-0.1, -0.05) is 36.4 Å². The van der Waals surface area contributed by atoms with E-state index in [9.17, 15) is 13.6 Å². The van der Waals surface area contributed by atoms with Crippen molar-refractivity contribution in [1.29, 1.82) is 0 Å². The maximum atomic E-state index is 14.0. The molecule has 2 heterocycles. The molecule has 0 saturated carbocycles. The summed E-state index contributed by atoms with van der Waals surface area (Å²) in [6, 6.07) is 17.8. The Kier molecular flexibility index (Phi) is 6.02. The number of nitrogens with zero attached hydrogens (tertiary/aromatic N) is 2. The van der Waals surface area contributed by atoms with Crippen LogP contribution in [-0.4, -0.2) is 29.9 Å².